The second-order valence-corrected chi connectivity index (χ2v) is 5.62. The molecule has 0 bridgehead atoms. The van der Waals surface area contributed by atoms with Crippen LogP contribution >= 0.6 is 0 Å². The number of nitrogens with one attached hydrogen (secondary N) is 1. The summed E-state index contributed by atoms with van der Waals surface area (Å²) >= 11 is 0. The first-order valence-electron chi connectivity index (χ1n) is 6.62. The van der Waals surface area contributed by atoms with Crippen molar-refractivity contribution >= 4 is 12.0 Å². The van der Waals surface area contributed by atoms with E-state index in [0.717, 1.165) is 19.3 Å². The fraction of sp³-hybridized carbons (Fsp3) is 0.846. The number of carbonyl (C=O) groups is 2. The van der Waals surface area contributed by atoms with Gasteiger partial charge in [0.05, 0.1) is 0 Å². The van der Waals surface area contributed by atoms with Crippen molar-refractivity contribution in [3.8, 4) is 0 Å². The third kappa shape index (κ3) is 5.38. The van der Waals surface area contributed by atoms with E-state index in [1.54, 1.807) is 11.9 Å². The molecule has 0 aliphatic heterocycles. The van der Waals surface area contributed by atoms with Gasteiger partial charge in [-0.1, -0.05) is 13.8 Å². The van der Waals surface area contributed by atoms with Gasteiger partial charge in [-0.2, -0.15) is 0 Å². The van der Waals surface area contributed by atoms with Gasteiger partial charge >= 0.3 is 12.0 Å². The highest BCUT2D eigenvalue weighted by molar-refractivity contribution is 5.74. The molecule has 2 N–H and O–H groups in total. The summed E-state index contributed by atoms with van der Waals surface area (Å²) in [5.41, 5.74) is 0. The Morgan fingerprint density at radius 3 is 2.44 bits per heavy atom. The van der Waals surface area contributed by atoms with E-state index in [-0.39, 0.29) is 18.4 Å². The van der Waals surface area contributed by atoms with Crippen molar-refractivity contribution in [2.75, 3.05) is 13.6 Å². The quantitative estimate of drug-likeness (QED) is 0.731. The summed E-state index contributed by atoms with van der Waals surface area (Å²) in [6.45, 7) is 4.57. The molecule has 0 unspecified atom stereocenters. The molecule has 0 aromatic heterocycles. The van der Waals surface area contributed by atoms with E-state index in [4.69, 9.17) is 5.11 Å². The van der Waals surface area contributed by atoms with Crippen molar-refractivity contribution in [1.82, 2.24) is 10.2 Å². The largest absolute Gasteiger partial charge is 0.481 e. The highest BCUT2D eigenvalue weighted by atomic mass is 16.4. The minimum Gasteiger partial charge on any atom is -0.481 e. The van der Waals surface area contributed by atoms with Crippen LogP contribution in [0.4, 0.5) is 4.79 Å². The van der Waals surface area contributed by atoms with Crippen LogP contribution < -0.4 is 5.32 Å². The Balaban J connectivity index is 2.34. The third-order valence-electron chi connectivity index (χ3n) is 3.22. The number of hydrogen-bond acceptors (Lipinski definition) is 2. The molecule has 0 aromatic rings. The minimum atomic E-state index is -0.801. The highest BCUT2D eigenvalue weighted by Crippen LogP contribution is 2.25. The molecule has 0 radical (unpaired) electrons. The molecule has 1 atom stereocenters. The molecule has 18 heavy (non-hydrogen) atoms. The predicted octanol–water partition coefficient (Wildman–Crippen LogP) is 1.93. The molecule has 0 spiro atoms. The maximum atomic E-state index is 11.8. The van der Waals surface area contributed by atoms with Crippen LogP contribution in [0.15, 0.2) is 0 Å². The van der Waals surface area contributed by atoms with Gasteiger partial charge in [-0.05, 0) is 31.1 Å². The molecule has 104 valence electrons. The summed E-state index contributed by atoms with van der Waals surface area (Å²) in [4.78, 5) is 24.2. The number of carboxylic acids is 1. The van der Waals surface area contributed by atoms with E-state index in [1.165, 1.54) is 0 Å². The van der Waals surface area contributed by atoms with Crippen molar-refractivity contribution in [2.24, 2.45) is 11.8 Å². The summed E-state index contributed by atoms with van der Waals surface area (Å²) in [6, 6.07) is 0.296. The van der Waals surface area contributed by atoms with Crippen LogP contribution in [0.5, 0.6) is 0 Å². The summed E-state index contributed by atoms with van der Waals surface area (Å²) in [6.07, 6.45) is 3.09. The maximum absolute atomic E-state index is 11.8. The number of amides is 2. The molecule has 0 aromatic carbocycles. The van der Waals surface area contributed by atoms with Crippen molar-refractivity contribution < 1.29 is 14.7 Å². The first kappa shape index (κ1) is 14.8. The first-order valence-corrected chi connectivity index (χ1v) is 6.62. The Morgan fingerprint density at radius 2 is 2.00 bits per heavy atom. The van der Waals surface area contributed by atoms with Crippen molar-refractivity contribution in [1.29, 1.82) is 0 Å². The summed E-state index contributed by atoms with van der Waals surface area (Å²) in [5, 5.41) is 11.7. The summed E-state index contributed by atoms with van der Waals surface area (Å²) < 4.78 is 0. The van der Waals surface area contributed by atoms with Crippen molar-refractivity contribution in [3.63, 3.8) is 0 Å². The SMILES string of the molecule is CC(C)C[C@H](CNC(=O)N(C)C1CC1)CC(=O)O. The lowest BCUT2D eigenvalue weighted by Crippen LogP contribution is -2.41. The molecule has 1 aliphatic rings. The second kappa shape index (κ2) is 6.61. The fourth-order valence-electron chi connectivity index (χ4n) is 2.14. The Bertz CT molecular complexity index is 301. The molecule has 5 heteroatoms. The topological polar surface area (TPSA) is 69.6 Å². The third-order valence-corrected chi connectivity index (χ3v) is 3.22. The van der Waals surface area contributed by atoms with E-state index < -0.39 is 5.97 Å². The van der Waals surface area contributed by atoms with E-state index >= 15 is 0 Å². The zero-order valence-electron chi connectivity index (χ0n) is 11.5. The molecule has 0 heterocycles. The Morgan fingerprint density at radius 1 is 1.39 bits per heavy atom. The van der Waals surface area contributed by atoms with Gasteiger partial charge in [-0.15, -0.1) is 0 Å². The lowest BCUT2D eigenvalue weighted by atomic mass is 9.94. The lowest BCUT2D eigenvalue weighted by molar-refractivity contribution is -0.138. The number of carboxylic acid groups (broad SMARTS) is 1. The zero-order valence-corrected chi connectivity index (χ0v) is 11.5. The normalized spacial score (nSPS) is 16.4. The maximum Gasteiger partial charge on any atom is 0.317 e. The number of hydrogen-bond donors (Lipinski definition) is 2. The average Bonchev–Trinajstić information content (AvgIpc) is 3.06. The van der Waals surface area contributed by atoms with E-state index in [1.807, 2.05) is 0 Å². The van der Waals surface area contributed by atoms with Crippen LogP contribution in [0, 0.1) is 11.8 Å². The smallest absolute Gasteiger partial charge is 0.317 e. The lowest BCUT2D eigenvalue weighted by Gasteiger charge is -2.21. The predicted molar refractivity (Wildman–Crippen MR) is 69.4 cm³/mol. The van der Waals surface area contributed by atoms with Gasteiger partial charge in [0.1, 0.15) is 0 Å². The van der Waals surface area contributed by atoms with Crippen LogP contribution in [0.25, 0.3) is 0 Å². The molecular weight excluding hydrogens is 232 g/mol. The van der Waals surface area contributed by atoms with Crippen LogP contribution in [-0.4, -0.2) is 41.6 Å². The second-order valence-electron chi connectivity index (χ2n) is 5.62. The fourth-order valence-corrected chi connectivity index (χ4v) is 2.14. The monoisotopic (exact) mass is 256 g/mol. The Labute approximate surface area is 109 Å². The Kier molecular flexibility index (Phi) is 5.44. The highest BCUT2D eigenvalue weighted by Gasteiger charge is 2.29. The molecule has 5 nitrogen and oxygen atoms in total. The van der Waals surface area contributed by atoms with Crippen LogP contribution in [0.1, 0.15) is 39.5 Å². The standard InChI is InChI=1S/C13H24N2O3/c1-9(2)6-10(7-12(16)17)8-14-13(18)15(3)11-4-5-11/h9-11H,4-8H2,1-3H3,(H,14,18)(H,16,17)/t10-/m0/s1. The molecule has 1 fully saturated rings. The van der Waals surface area contributed by atoms with Gasteiger partial charge in [-0.3, -0.25) is 4.79 Å². The van der Waals surface area contributed by atoms with Gasteiger partial charge in [0.25, 0.3) is 0 Å². The van der Waals surface area contributed by atoms with Gasteiger partial charge in [-0.25, -0.2) is 4.79 Å². The molecular formula is C13H24N2O3. The van der Waals surface area contributed by atoms with Crippen LogP contribution in [0.2, 0.25) is 0 Å². The summed E-state index contributed by atoms with van der Waals surface area (Å²) in [7, 11) is 1.79. The van der Waals surface area contributed by atoms with Crippen molar-refractivity contribution in [3.05, 3.63) is 0 Å². The molecule has 2 amide bonds. The van der Waals surface area contributed by atoms with Crippen LogP contribution in [0.3, 0.4) is 0 Å². The Hall–Kier alpha value is -1.26. The summed E-state index contributed by atoms with van der Waals surface area (Å²) in [5.74, 6) is -0.350. The van der Waals surface area contributed by atoms with E-state index in [9.17, 15) is 9.59 Å². The minimum absolute atomic E-state index is 0.0130. The van der Waals surface area contributed by atoms with Crippen LogP contribution in [-0.2, 0) is 4.79 Å². The van der Waals surface area contributed by atoms with Gasteiger partial charge in [0, 0.05) is 26.1 Å². The van der Waals surface area contributed by atoms with E-state index in [2.05, 4.69) is 19.2 Å². The number of rotatable bonds is 7. The van der Waals surface area contributed by atoms with Crippen molar-refractivity contribution in [2.45, 2.75) is 45.6 Å². The van der Waals surface area contributed by atoms with E-state index in [0.29, 0.717) is 18.5 Å². The van der Waals surface area contributed by atoms with Gasteiger partial charge in [0.2, 0.25) is 0 Å². The molecule has 0 saturated heterocycles. The van der Waals surface area contributed by atoms with Gasteiger partial charge < -0.3 is 15.3 Å². The number of nitrogens with zero attached hydrogens (tertiary/aromatic N) is 1. The molecule has 1 rings (SSSR count). The zero-order chi connectivity index (χ0) is 13.7. The number of carbonyl (C=O) groups excluding carboxylic acids is 1. The number of aliphatic carboxylic acids is 1. The number of urea groups is 1. The molecule has 1 aliphatic carbocycles. The average molecular weight is 256 g/mol. The van der Waals surface area contributed by atoms with Gasteiger partial charge in [0.15, 0.2) is 0 Å². The first-order chi connectivity index (χ1) is 8.40. The molecule has 1 saturated carbocycles.